The van der Waals surface area contributed by atoms with Gasteiger partial charge in [0.2, 0.25) is 5.91 Å². The Morgan fingerprint density at radius 1 is 1.47 bits per heavy atom. The topological polar surface area (TPSA) is 67.4 Å². The second-order valence-electron chi connectivity index (χ2n) is 5.41. The number of amides is 2. The lowest BCUT2D eigenvalue weighted by Gasteiger charge is -2.23. The standard InChI is InChI=1S/C14H16N2O3/c1-14(4-5-19-8-14)16-13(18)10-3-2-9-7-12(17)15-11(9)6-10/h2-3,6H,4-5,7-8H2,1H3,(H,15,17)(H,16,18). The number of carbonyl (C=O) groups is 2. The van der Waals surface area contributed by atoms with Crippen molar-refractivity contribution in [2.45, 2.75) is 25.3 Å². The second kappa shape index (κ2) is 4.35. The lowest BCUT2D eigenvalue weighted by molar-refractivity contribution is -0.115. The second-order valence-corrected chi connectivity index (χ2v) is 5.41. The zero-order valence-electron chi connectivity index (χ0n) is 10.8. The van der Waals surface area contributed by atoms with E-state index in [-0.39, 0.29) is 17.4 Å². The van der Waals surface area contributed by atoms with Crippen LogP contribution in [0.1, 0.15) is 29.3 Å². The highest BCUT2D eigenvalue weighted by molar-refractivity contribution is 6.02. The predicted octanol–water partition coefficient (Wildman–Crippen LogP) is 1.09. The average Bonchev–Trinajstić information content (AvgIpc) is 2.93. The molecule has 100 valence electrons. The summed E-state index contributed by atoms with van der Waals surface area (Å²) in [5.74, 6) is -0.152. The maximum atomic E-state index is 12.2. The molecule has 0 bridgehead atoms. The summed E-state index contributed by atoms with van der Waals surface area (Å²) in [7, 11) is 0. The Bertz CT molecular complexity index is 548. The number of rotatable bonds is 2. The molecule has 5 nitrogen and oxygen atoms in total. The van der Waals surface area contributed by atoms with E-state index in [0.29, 0.717) is 25.2 Å². The summed E-state index contributed by atoms with van der Waals surface area (Å²) < 4.78 is 5.31. The molecule has 1 unspecified atom stereocenters. The van der Waals surface area contributed by atoms with Crippen molar-refractivity contribution in [1.82, 2.24) is 5.32 Å². The summed E-state index contributed by atoms with van der Waals surface area (Å²) in [5.41, 5.74) is 1.95. The molecule has 1 saturated heterocycles. The van der Waals surface area contributed by atoms with Crippen molar-refractivity contribution in [2.75, 3.05) is 18.5 Å². The molecule has 1 aromatic carbocycles. The Labute approximate surface area is 111 Å². The van der Waals surface area contributed by atoms with E-state index in [1.807, 2.05) is 13.0 Å². The summed E-state index contributed by atoms with van der Waals surface area (Å²) in [4.78, 5) is 23.5. The molecular formula is C14H16N2O3. The van der Waals surface area contributed by atoms with Crippen LogP contribution in [0.5, 0.6) is 0 Å². The van der Waals surface area contributed by atoms with Crippen molar-refractivity contribution >= 4 is 17.5 Å². The zero-order chi connectivity index (χ0) is 13.5. The summed E-state index contributed by atoms with van der Waals surface area (Å²) in [6, 6.07) is 5.32. The van der Waals surface area contributed by atoms with Crippen molar-refractivity contribution < 1.29 is 14.3 Å². The number of anilines is 1. The fourth-order valence-electron chi connectivity index (χ4n) is 2.47. The largest absolute Gasteiger partial charge is 0.379 e. The van der Waals surface area contributed by atoms with Crippen LogP contribution in [0, 0.1) is 0 Å². The summed E-state index contributed by atoms with van der Waals surface area (Å²) in [6.45, 7) is 3.20. The van der Waals surface area contributed by atoms with Gasteiger partial charge in [0.1, 0.15) is 0 Å². The summed E-state index contributed by atoms with van der Waals surface area (Å²) in [6.07, 6.45) is 1.21. The predicted molar refractivity (Wildman–Crippen MR) is 70.1 cm³/mol. The third kappa shape index (κ3) is 2.33. The molecule has 0 saturated carbocycles. The van der Waals surface area contributed by atoms with E-state index < -0.39 is 0 Å². The van der Waals surface area contributed by atoms with Crippen LogP contribution in [-0.2, 0) is 16.0 Å². The molecule has 1 atom stereocenters. The first-order valence-electron chi connectivity index (χ1n) is 6.39. The van der Waals surface area contributed by atoms with Crippen LogP contribution >= 0.6 is 0 Å². The van der Waals surface area contributed by atoms with Crippen molar-refractivity contribution in [3.8, 4) is 0 Å². The van der Waals surface area contributed by atoms with Gasteiger partial charge in [-0.05, 0) is 31.0 Å². The monoisotopic (exact) mass is 260 g/mol. The van der Waals surface area contributed by atoms with Crippen LogP contribution in [-0.4, -0.2) is 30.6 Å². The third-order valence-electron chi connectivity index (χ3n) is 3.63. The van der Waals surface area contributed by atoms with Crippen LogP contribution in [0.4, 0.5) is 5.69 Å². The molecule has 2 aliphatic heterocycles. The molecule has 2 N–H and O–H groups in total. The molecule has 2 heterocycles. The zero-order valence-corrected chi connectivity index (χ0v) is 10.8. The van der Waals surface area contributed by atoms with Crippen LogP contribution in [0.15, 0.2) is 18.2 Å². The molecule has 2 amide bonds. The van der Waals surface area contributed by atoms with Gasteiger partial charge >= 0.3 is 0 Å². The number of ether oxygens (including phenoxy) is 1. The first-order valence-corrected chi connectivity index (χ1v) is 6.39. The molecule has 5 heteroatoms. The van der Waals surface area contributed by atoms with Crippen LogP contribution in [0.2, 0.25) is 0 Å². The Kier molecular flexibility index (Phi) is 2.78. The molecule has 1 aromatic rings. The van der Waals surface area contributed by atoms with E-state index in [4.69, 9.17) is 4.74 Å². The number of hydrogen-bond donors (Lipinski definition) is 2. The minimum absolute atomic E-state index is 0.0243. The smallest absolute Gasteiger partial charge is 0.251 e. The highest BCUT2D eigenvalue weighted by Crippen LogP contribution is 2.25. The maximum absolute atomic E-state index is 12.2. The lowest BCUT2D eigenvalue weighted by atomic mass is 10.0. The van der Waals surface area contributed by atoms with Gasteiger partial charge in [-0.2, -0.15) is 0 Å². The van der Waals surface area contributed by atoms with Crippen molar-refractivity contribution in [3.63, 3.8) is 0 Å². The number of hydrogen-bond acceptors (Lipinski definition) is 3. The molecule has 2 aliphatic rings. The van der Waals surface area contributed by atoms with E-state index >= 15 is 0 Å². The van der Waals surface area contributed by atoms with Crippen molar-refractivity contribution in [2.24, 2.45) is 0 Å². The minimum Gasteiger partial charge on any atom is -0.379 e. The van der Waals surface area contributed by atoms with Crippen LogP contribution in [0.3, 0.4) is 0 Å². The summed E-state index contributed by atoms with van der Waals surface area (Å²) >= 11 is 0. The van der Waals surface area contributed by atoms with E-state index in [0.717, 1.165) is 17.7 Å². The van der Waals surface area contributed by atoms with Crippen LogP contribution in [0.25, 0.3) is 0 Å². The number of benzene rings is 1. The lowest BCUT2D eigenvalue weighted by Crippen LogP contribution is -2.46. The summed E-state index contributed by atoms with van der Waals surface area (Å²) in [5, 5.41) is 5.75. The number of nitrogens with one attached hydrogen (secondary N) is 2. The maximum Gasteiger partial charge on any atom is 0.251 e. The van der Waals surface area contributed by atoms with Gasteiger partial charge in [-0.3, -0.25) is 9.59 Å². The molecule has 1 fully saturated rings. The molecule has 0 aliphatic carbocycles. The first kappa shape index (κ1) is 12.2. The molecule has 0 aromatic heterocycles. The average molecular weight is 260 g/mol. The van der Waals surface area contributed by atoms with Gasteiger partial charge in [0.05, 0.1) is 18.6 Å². The van der Waals surface area contributed by atoms with E-state index in [2.05, 4.69) is 10.6 Å². The molecule has 0 radical (unpaired) electrons. The van der Waals surface area contributed by atoms with Gasteiger partial charge in [0.25, 0.3) is 5.91 Å². The van der Waals surface area contributed by atoms with Crippen molar-refractivity contribution in [1.29, 1.82) is 0 Å². The van der Waals surface area contributed by atoms with Crippen molar-refractivity contribution in [3.05, 3.63) is 29.3 Å². The Balaban J connectivity index is 1.77. The van der Waals surface area contributed by atoms with Gasteiger partial charge in [-0.15, -0.1) is 0 Å². The van der Waals surface area contributed by atoms with E-state index in [1.54, 1.807) is 12.1 Å². The van der Waals surface area contributed by atoms with Gasteiger partial charge in [0.15, 0.2) is 0 Å². The van der Waals surface area contributed by atoms with E-state index in [9.17, 15) is 9.59 Å². The molecular weight excluding hydrogens is 244 g/mol. The molecule has 19 heavy (non-hydrogen) atoms. The minimum atomic E-state index is -0.292. The highest BCUT2D eigenvalue weighted by Gasteiger charge is 2.31. The van der Waals surface area contributed by atoms with Gasteiger partial charge < -0.3 is 15.4 Å². The van der Waals surface area contributed by atoms with Gasteiger partial charge in [-0.1, -0.05) is 6.07 Å². The Morgan fingerprint density at radius 2 is 2.32 bits per heavy atom. The highest BCUT2D eigenvalue weighted by atomic mass is 16.5. The fraction of sp³-hybridized carbons (Fsp3) is 0.429. The number of fused-ring (bicyclic) bond motifs is 1. The normalized spacial score (nSPS) is 25.0. The fourth-order valence-corrected chi connectivity index (χ4v) is 2.47. The van der Waals surface area contributed by atoms with Gasteiger partial charge in [0, 0.05) is 17.9 Å². The first-order chi connectivity index (χ1) is 9.06. The molecule has 3 rings (SSSR count). The SMILES string of the molecule is CC1(NC(=O)c2ccc3c(c2)NC(=O)C3)CCOC1. The van der Waals surface area contributed by atoms with Gasteiger partial charge in [-0.25, -0.2) is 0 Å². The Hall–Kier alpha value is -1.88. The third-order valence-corrected chi connectivity index (χ3v) is 3.63. The quantitative estimate of drug-likeness (QED) is 0.836. The number of carbonyl (C=O) groups excluding carboxylic acids is 2. The van der Waals surface area contributed by atoms with Crippen LogP contribution < -0.4 is 10.6 Å². The molecule has 0 spiro atoms. The Morgan fingerprint density at radius 3 is 3.05 bits per heavy atom. The van der Waals surface area contributed by atoms with E-state index in [1.165, 1.54) is 0 Å².